The minimum atomic E-state index is -0.305. The maximum Gasteiger partial charge on any atom is 0.0785 e. The lowest BCUT2D eigenvalue weighted by molar-refractivity contribution is 0.0580. The fourth-order valence-electron chi connectivity index (χ4n) is 5.01. The smallest absolute Gasteiger partial charge is 0.0785 e. The van der Waals surface area contributed by atoms with Crippen molar-refractivity contribution in [2.45, 2.75) is 50.7 Å². The largest absolute Gasteiger partial charge is 0.391 e. The molecule has 3 aliphatic rings. The van der Waals surface area contributed by atoms with Gasteiger partial charge in [0.1, 0.15) is 0 Å². The van der Waals surface area contributed by atoms with Crippen molar-refractivity contribution < 1.29 is 9.84 Å². The highest BCUT2D eigenvalue weighted by molar-refractivity contribution is 5.05. The molecule has 3 rings (SSSR count). The minimum Gasteiger partial charge on any atom is -0.391 e. The van der Waals surface area contributed by atoms with E-state index in [0.717, 1.165) is 42.7 Å². The second-order valence-corrected chi connectivity index (χ2v) is 6.61. The molecule has 3 fully saturated rings. The Labute approximate surface area is 110 Å². The number of nitrogens with one attached hydrogen (secondary N) is 1. The summed E-state index contributed by atoms with van der Waals surface area (Å²) in [5.74, 6) is 4.07. The van der Waals surface area contributed by atoms with Crippen LogP contribution >= 0.6 is 0 Å². The standard InChI is InChI=1S/C15H27NO2/c1-18-9-11(17)5-6-16-15-8-10-7-14(15)13-4-2-3-12(10)13/h10-17H,2-9H2,1H3. The van der Waals surface area contributed by atoms with E-state index in [-0.39, 0.29) is 6.10 Å². The molecule has 0 radical (unpaired) electrons. The molecule has 18 heavy (non-hydrogen) atoms. The van der Waals surface area contributed by atoms with Gasteiger partial charge in [0.15, 0.2) is 0 Å². The van der Waals surface area contributed by atoms with E-state index in [2.05, 4.69) is 5.32 Å². The number of rotatable bonds is 6. The van der Waals surface area contributed by atoms with Crippen LogP contribution in [0.15, 0.2) is 0 Å². The molecule has 0 aromatic rings. The molecule has 104 valence electrons. The first-order chi connectivity index (χ1) is 8.79. The molecule has 3 aliphatic carbocycles. The third kappa shape index (κ3) is 2.33. The van der Waals surface area contributed by atoms with E-state index in [1.165, 1.54) is 32.1 Å². The quantitative estimate of drug-likeness (QED) is 0.758. The zero-order chi connectivity index (χ0) is 12.5. The lowest BCUT2D eigenvalue weighted by atomic mass is 9.79. The molecule has 0 aliphatic heterocycles. The van der Waals surface area contributed by atoms with Crippen LogP contribution < -0.4 is 5.32 Å². The first-order valence-corrected chi connectivity index (χ1v) is 7.70. The van der Waals surface area contributed by atoms with Crippen LogP contribution in [0.1, 0.15) is 38.5 Å². The first kappa shape index (κ1) is 12.9. The number of aliphatic hydroxyl groups is 1. The summed E-state index contributed by atoms with van der Waals surface area (Å²) in [5, 5.41) is 13.3. The molecule has 0 heterocycles. The van der Waals surface area contributed by atoms with E-state index in [1.54, 1.807) is 7.11 Å². The molecule has 3 nitrogen and oxygen atoms in total. The molecule has 0 saturated heterocycles. The van der Waals surface area contributed by atoms with Crippen molar-refractivity contribution in [3.63, 3.8) is 0 Å². The number of hydrogen-bond donors (Lipinski definition) is 2. The molecule has 2 N–H and O–H groups in total. The van der Waals surface area contributed by atoms with E-state index >= 15 is 0 Å². The second kappa shape index (κ2) is 5.48. The van der Waals surface area contributed by atoms with E-state index in [9.17, 15) is 5.11 Å². The SMILES string of the molecule is COCC(O)CCNC1CC2CC1C1CCCC21. The summed E-state index contributed by atoms with van der Waals surface area (Å²) in [6, 6.07) is 0.740. The van der Waals surface area contributed by atoms with Gasteiger partial charge in [-0.3, -0.25) is 0 Å². The van der Waals surface area contributed by atoms with Gasteiger partial charge in [-0.1, -0.05) is 6.42 Å². The third-order valence-electron chi connectivity index (χ3n) is 5.67. The number of hydrogen-bond acceptors (Lipinski definition) is 3. The average Bonchev–Trinajstić information content (AvgIpc) is 3.00. The molecule has 6 atom stereocenters. The van der Waals surface area contributed by atoms with E-state index in [1.807, 2.05) is 0 Å². The van der Waals surface area contributed by atoms with Crippen LogP contribution in [0, 0.1) is 23.7 Å². The van der Waals surface area contributed by atoms with Gasteiger partial charge in [0, 0.05) is 13.2 Å². The Kier molecular flexibility index (Phi) is 3.92. The van der Waals surface area contributed by atoms with Crippen molar-refractivity contribution in [2.24, 2.45) is 23.7 Å². The topological polar surface area (TPSA) is 41.5 Å². The van der Waals surface area contributed by atoms with E-state index in [4.69, 9.17) is 4.74 Å². The monoisotopic (exact) mass is 253 g/mol. The van der Waals surface area contributed by atoms with Gasteiger partial charge in [-0.2, -0.15) is 0 Å². The summed E-state index contributed by atoms with van der Waals surface area (Å²) in [6.07, 6.45) is 7.85. The summed E-state index contributed by atoms with van der Waals surface area (Å²) >= 11 is 0. The summed E-state index contributed by atoms with van der Waals surface area (Å²) in [4.78, 5) is 0. The van der Waals surface area contributed by atoms with E-state index in [0.29, 0.717) is 6.61 Å². The van der Waals surface area contributed by atoms with Gasteiger partial charge in [0.05, 0.1) is 12.7 Å². The predicted octanol–water partition coefficient (Wildman–Crippen LogP) is 1.80. The molecule has 0 aromatic carbocycles. The highest BCUT2D eigenvalue weighted by Gasteiger charge is 2.53. The van der Waals surface area contributed by atoms with Crippen LogP contribution in [-0.2, 0) is 4.74 Å². The average molecular weight is 253 g/mol. The number of ether oxygens (including phenoxy) is 1. The minimum absolute atomic E-state index is 0.305. The van der Waals surface area contributed by atoms with Crippen molar-refractivity contribution >= 4 is 0 Å². The lowest BCUT2D eigenvalue weighted by Crippen LogP contribution is -2.40. The van der Waals surface area contributed by atoms with Gasteiger partial charge in [0.2, 0.25) is 0 Å². The Bertz CT molecular complexity index is 284. The predicted molar refractivity (Wildman–Crippen MR) is 71.3 cm³/mol. The van der Waals surface area contributed by atoms with E-state index < -0.39 is 0 Å². The fourth-order valence-corrected chi connectivity index (χ4v) is 5.01. The maximum absolute atomic E-state index is 9.64. The van der Waals surface area contributed by atoms with Crippen LogP contribution in [0.5, 0.6) is 0 Å². The maximum atomic E-state index is 9.64. The highest BCUT2D eigenvalue weighted by atomic mass is 16.5. The van der Waals surface area contributed by atoms with Crippen LogP contribution in [0.3, 0.4) is 0 Å². The molecule has 3 saturated carbocycles. The van der Waals surface area contributed by atoms with Gasteiger partial charge < -0.3 is 15.2 Å². The van der Waals surface area contributed by atoms with Crippen molar-refractivity contribution in [1.29, 1.82) is 0 Å². The molecule has 3 heteroatoms. The fraction of sp³-hybridized carbons (Fsp3) is 1.00. The Balaban J connectivity index is 1.43. The van der Waals surface area contributed by atoms with Crippen LogP contribution in [0.4, 0.5) is 0 Å². The molecule has 2 bridgehead atoms. The van der Waals surface area contributed by atoms with Crippen molar-refractivity contribution in [3.8, 4) is 0 Å². The number of aliphatic hydroxyl groups excluding tert-OH is 1. The molecular weight excluding hydrogens is 226 g/mol. The summed E-state index contributed by atoms with van der Waals surface area (Å²) in [5.41, 5.74) is 0. The van der Waals surface area contributed by atoms with Crippen molar-refractivity contribution in [3.05, 3.63) is 0 Å². The molecule has 0 spiro atoms. The van der Waals surface area contributed by atoms with Crippen molar-refractivity contribution in [1.82, 2.24) is 5.32 Å². The Hall–Kier alpha value is -0.120. The van der Waals surface area contributed by atoms with Gasteiger partial charge in [-0.25, -0.2) is 0 Å². The molecule has 0 aromatic heterocycles. The van der Waals surface area contributed by atoms with Crippen LogP contribution in [-0.4, -0.2) is 37.5 Å². The molecule has 6 unspecified atom stereocenters. The second-order valence-electron chi connectivity index (χ2n) is 6.61. The Morgan fingerprint density at radius 1 is 1.22 bits per heavy atom. The Morgan fingerprint density at radius 3 is 2.89 bits per heavy atom. The summed E-state index contributed by atoms with van der Waals surface area (Å²) in [6.45, 7) is 1.40. The van der Waals surface area contributed by atoms with Gasteiger partial charge in [0.25, 0.3) is 0 Å². The van der Waals surface area contributed by atoms with Gasteiger partial charge >= 0.3 is 0 Å². The molecular formula is C15H27NO2. The Morgan fingerprint density at radius 2 is 2.06 bits per heavy atom. The van der Waals surface area contributed by atoms with Crippen molar-refractivity contribution in [2.75, 3.05) is 20.3 Å². The molecule has 0 amide bonds. The third-order valence-corrected chi connectivity index (χ3v) is 5.67. The zero-order valence-electron chi connectivity index (χ0n) is 11.5. The zero-order valence-corrected chi connectivity index (χ0v) is 11.5. The lowest BCUT2D eigenvalue weighted by Gasteiger charge is -2.32. The van der Waals surface area contributed by atoms with Gasteiger partial charge in [-0.05, 0) is 62.3 Å². The number of fused-ring (bicyclic) bond motifs is 5. The van der Waals surface area contributed by atoms with Crippen LogP contribution in [0.2, 0.25) is 0 Å². The van der Waals surface area contributed by atoms with Gasteiger partial charge in [-0.15, -0.1) is 0 Å². The van der Waals surface area contributed by atoms with Crippen LogP contribution in [0.25, 0.3) is 0 Å². The highest BCUT2D eigenvalue weighted by Crippen LogP contribution is 2.58. The summed E-state index contributed by atoms with van der Waals surface area (Å²) < 4.78 is 4.95. The normalized spacial score (nSPS) is 43.3. The number of methoxy groups -OCH3 is 1. The summed E-state index contributed by atoms with van der Waals surface area (Å²) in [7, 11) is 1.65. The first-order valence-electron chi connectivity index (χ1n) is 7.70.